The van der Waals surface area contributed by atoms with Gasteiger partial charge < -0.3 is 19.5 Å². The summed E-state index contributed by atoms with van der Waals surface area (Å²) < 4.78 is 58.6. The highest BCUT2D eigenvalue weighted by Gasteiger charge is 2.38. The van der Waals surface area contributed by atoms with E-state index in [0.717, 1.165) is 23.6 Å². The van der Waals surface area contributed by atoms with E-state index in [1.807, 2.05) is 0 Å². The van der Waals surface area contributed by atoms with Gasteiger partial charge in [-0.05, 0) is 32.9 Å². The number of aliphatic hydroxyl groups is 1. The monoisotopic (exact) mass is 390 g/mol. The first kappa shape index (κ1) is 20.7. The van der Waals surface area contributed by atoms with Crippen molar-refractivity contribution in [2.45, 2.75) is 38.7 Å². The third-order valence-corrected chi connectivity index (χ3v) is 3.82. The number of aromatic carboxylic acids is 1. The van der Waals surface area contributed by atoms with Gasteiger partial charge in [0.15, 0.2) is 6.10 Å². The molecule has 0 spiro atoms. The first-order valence-electron chi connectivity index (χ1n) is 7.79. The van der Waals surface area contributed by atoms with Gasteiger partial charge in [0.1, 0.15) is 28.4 Å². The van der Waals surface area contributed by atoms with Gasteiger partial charge in [0, 0.05) is 12.6 Å². The molecule has 0 aliphatic heterocycles. The van der Waals surface area contributed by atoms with E-state index < -0.39 is 41.1 Å². The quantitative estimate of drug-likeness (QED) is 0.764. The molecule has 0 saturated carbocycles. The minimum absolute atomic E-state index is 0.00738. The normalized spacial score (nSPS) is 13.5. The van der Waals surface area contributed by atoms with E-state index in [2.05, 4.69) is 4.98 Å². The molecule has 0 fully saturated rings. The Morgan fingerprint density at radius 3 is 2.33 bits per heavy atom. The lowest BCUT2D eigenvalue weighted by Crippen LogP contribution is -2.31. The molecule has 0 unspecified atom stereocenters. The largest absolute Gasteiger partial charge is 0.480 e. The lowest BCUT2D eigenvalue weighted by Gasteiger charge is -2.19. The van der Waals surface area contributed by atoms with Gasteiger partial charge in [0.25, 0.3) is 0 Å². The van der Waals surface area contributed by atoms with Crippen molar-refractivity contribution in [1.82, 2.24) is 9.55 Å². The summed E-state index contributed by atoms with van der Waals surface area (Å²) in [6, 6.07) is 3.19. The van der Waals surface area contributed by atoms with Gasteiger partial charge in [-0.25, -0.2) is 9.78 Å². The number of aromatic nitrogens is 2. The lowest BCUT2D eigenvalue weighted by molar-refractivity contribution is -0.189. The van der Waals surface area contributed by atoms with Gasteiger partial charge in [-0.3, -0.25) is 0 Å². The molecule has 27 heavy (non-hydrogen) atoms. The molecule has 0 aliphatic rings. The number of carbonyl (C=O) groups is 1. The van der Waals surface area contributed by atoms with Crippen LogP contribution in [0.1, 0.15) is 37.0 Å². The number of hydrogen-bond acceptors (Lipinski definition) is 4. The van der Waals surface area contributed by atoms with Gasteiger partial charge in [-0.1, -0.05) is 6.07 Å². The van der Waals surface area contributed by atoms with E-state index in [4.69, 9.17) is 9.84 Å². The van der Waals surface area contributed by atoms with E-state index in [-0.39, 0.29) is 17.1 Å². The van der Waals surface area contributed by atoms with E-state index in [9.17, 15) is 27.5 Å². The highest BCUT2D eigenvalue weighted by atomic mass is 19.4. The third-order valence-electron chi connectivity index (χ3n) is 3.82. The van der Waals surface area contributed by atoms with Crippen LogP contribution in [0.15, 0.2) is 18.2 Å². The second kappa shape index (κ2) is 6.84. The van der Waals surface area contributed by atoms with Crippen LogP contribution in [0.3, 0.4) is 0 Å². The molecule has 1 atom stereocenters. The van der Waals surface area contributed by atoms with Gasteiger partial charge in [0.05, 0.1) is 0 Å². The lowest BCUT2D eigenvalue weighted by atomic mass is 10.1. The Hall–Kier alpha value is -2.62. The van der Waals surface area contributed by atoms with Crippen molar-refractivity contribution < 1.29 is 37.3 Å². The molecular weight excluding hydrogens is 372 g/mol. The Balaban J connectivity index is 2.57. The maximum Gasteiger partial charge on any atom is 0.425 e. The van der Waals surface area contributed by atoms with Crippen LogP contribution in [0.5, 0.6) is 5.75 Å². The number of imidazole rings is 1. The van der Waals surface area contributed by atoms with Crippen LogP contribution in [-0.2, 0) is 12.6 Å². The van der Waals surface area contributed by atoms with E-state index >= 15 is 0 Å². The average Bonchev–Trinajstić information content (AvgIpc) is 2.82. The molecule has 0 saturated heterocycles. The van der Waals surface area contributed by atoms with Crippen molar-refractivity contribution in [2.24, 2.45) is 7.05 Å². The van der Waals surface area contributed by atoms with Crippen LogP contribution in [0.2, 0.25) is 0 Å². The van der Waals surface area contributed by atoms with Gasteiger partial charge in [-0.2, -0.15) is 17.6 Å². The minimum Gasteiger partial charge on any atom is -0.480 e. The van der Waals surface area contributed by atoms with E-state index in [0.29, 0.717) is 0 Å². The standard InChI is InChI=1S/C17H18F4N2O4/c1-8(17(19,20)21)27-11-7-9(5-6-10(11)14(24)25)12-13(18)23(4)15(22-12)16(2,3)26/h5-8,26H,1-4H3,(H,24,25)/t8-/m0/s1. The Kier molecular flexibility index (Phi) is 5.24. The fourth-order valence-electron chi connectivity index (χ4n) is 2.41. The maximum absolute atomic E-state index is 14.5. The number of hydrogen-bond donors (Lipinski definition) is 2. The van der Waals surface area contributed by atoms with Crippen molar-refractivity contribution in [1.29, 1.82) is 0 Å². The molecule has 0 radical (unpaired) electrons. The highest BCUT2D eigenvalue weighted by molar-refractivity contribution is 5.91. The molecule has 2 rings (SSSR count). The smallest absolute Gasteiger partial charge is 0.425 e. The highest BCUT2D eigenvalue weighted by Crippen LogP contribution is 2.33. The number of benzene rings is 1. The molecule has 1 heterocycles. The summed E-state index contributed by atoms with van der Waals surface area (Å²) >= 11 is 0. The van der Waals surface area contributed by atoms with Crippen LogP contribution in [0.4, 0.5) is 17.6 Å². The van der Waals surface area contributed by atoms with Crippen LogP contribution >= 0.6 is 0 Å². The Morgan fingerprint density at radius 1 is 1.30 bits per heavy atom. The van der Waals surface area contributed by atoms with Crippen molar-refractivity contribution in [3.05, 3.63) is 35.5 Å². The molecule has 6 nitrogen and oxygen atoms in total. The SMILES string of the molecule is C[C@H](Oc1cc(-c2nc(C(C)(C)O)n(C)c2F)ccc1C(=O)O)C(F)(F)F. The molecule has 2 aromatic rings. The Morgan fingerprint density at radius 2 is 1.89 bits per heavy atom. The summed E-state index contributed by atoms with van der Waals surface area (Å²) in [4.78, 5) is 15.3. The fourth-order valence-corrected chi connectivity index (χ4v) is 2.41. The molecule has 1 aromatic carbocycles. The number of ether oxygens (including phenoxy) is 1. The zero-order valence-electron chi connectivity index (χ0n) is 14.9. The third kappa shape index (κ3) is 4.21. The summed E-state index contributed by atoms with van der Waals surface area (Å²) in [6.45, 7) is 3.52. The molecule has 0 amide bonds. The maximum atomic E-state index is 14.5. The van der Waals surface area contributed by atoms with Crippen molar-refractivity contribution in [3.63, 3.8) is 0 Å². The predicted molar refractivity (Wildman–Crippen MR) is 87.0 cm³/mol. The van der Waals surface area contributed by atoms with Crippen LogP contribution in [-0.4, -0.2) is 38.0 Å². The van der Waals surface area contributed by atoms with Gasteiger partial charge >= 0.3 is 12.1 Å². The molecule has 2 N–H and O–H groups in total. The van der Waals surface area contributed by atoms with Crippen LogP contribution in [0, 0.1) is 5.95 Å². The molecular formula is C17H18F4N2O4. The zero-order valence-corrected chi connectivity index (χ0v) is 14.9. The second-order valence-electron chi connectivity index (χ2n) is 6.51. The number of rotatable bonds is 5. The number of carboxylic acid groups (broad SMARTS) is 1. The van der Waals surface area contributed by atoms with Crippen molar-refractivity contribution >= 4 is 5.97 Å². The van der Waals surface area contributed by atoms with Gasteiger partial charge in [-0.15, -0.1) is 0 Å². The zero-order chi connectivity index (χ0) is 20.7. The Labute approximate surface area is 152 Å². The van der Waals surface area contributed by atoms with Crippen molar-refractivity contribution in [3.8, 4) is 17.0 Å². The summed E-state index contributed by atoms with van der Waals surface area (Å²) in [5.41, 5.74) is -2.23. The summed E-state index contributed by atoms with van der Waals surface area (Å²) in [7, 11) is 1.33. The number of alkyl halides is 3. The summed E-state index contributed by atoms with van der Waals surface area (Å²) in [5, 5.41) is 19.2. The number of nitrogens with zero attached hydrogens (tertiary/aromatic N) is 2. The van der Waals surface area contributed by atoms with E-state index in [1.165, 1.54) is 27.0 Å². The molecule has 0 bridgehead atoms. The Bertz CT molecular complexity index is 869. The molecule has 148 valence electrons. The second-order valence-corrected chi connectivity index (χ2v) is 6.51. The topological polar surface area (TPSA) is 84.6 Å². The van der Waals surface area contributed by atoms with Crippen LogP contribution < -0.4 is 4.74 Å². The van der Waals surface area contributed by atoms with Crippen molar-refractivity contribution in [2.75, 3.05) is 0 Å². The first-order chi connectivity index (χ1) is 12.2. The fraction of sp³-hybridized carbons (Fsp3) is 0.412. The van der Waals surface area contributed by atoms with Crippen LogP contribution in [0.25, 0.3) is 11.3 Å². The molecule has 10 heteroatoms. The number of halogens is 4. The average molecular weight is 390 g/mol. The molecule has 1 aromatic heterocycles. The molecule has 0 aliphatic carbocycles. The van der Waals surface area contributed by atoms with Gasteiger partial charge in [0.2, 0.25) is 5.95 Å². The summed E-state index contributed by atoms with van der Waals surface area (Å²) in [6.07, 6.45) is -6.98. The first-order valence-corrected chi connectivity index (χ1v) is 7.79. The predicted octanol–water partition coefficient (Wildman–Crippen LogP) is 3.48. The minimum atomic E-state index is -4.71. The van der Waals surface area contributed by atoms with E-state index in [1.54, 1.807) is 0 Å². The summed E-state index contributed by atoms with van der Waals surface area (Å²) in [5.74, 6) is -2.92. The number of carboxylic acids is 1.